The third kappa shape index (κ3) is 7.91. The van der Waals surface area contributed by atoms with Gasteiger partial charge < -0.3 is 14.5 Å². The zero-order valence-corrected chi connectivity index (χ0v) is 16.0. The lowest BCUT2D eigenvalue weighted by molar-refractivity contribution is 0.0931. The zero-order valence-electron chi connectivity index (χ0n) is 16.0. The number of rotatable bonds is 9. The number of amides is 1. The number of likely N-dealkylation sites (tertiary alicyclic amines) is 1. The first kappa shape index (κ1) is 19.8. The highest BCUT2D eigenvalue weighted by molar-refractivity contribution is 5.67. The average molecular weight is 347 g/mol. The minimum Gasteiger partial charge on any atom is -0.449 e. The van der Waals surface area contributed by atoms with E-state index in [1.807, 2.05) is 23.1 Å². The van der Waals surface area contributed by atoms with Crippen molar-refractivity contribution in [1.29, 1.82) is 0 Å². The van der Waals surface area contributed by atoms with Crippen molar-refractivity contribution in [2.45, 2.75) is 52.5 Å². The van der Waals surface area contributed by atoms with E-state index in [0.717, 1.165) is 31.5 Å². The van der Waals surface area contributed by atoms with Gasteiger partial charge in [-0.1, -0.05) is 50.6 Å². The van der Waals surface area contributed by atoms with Crippen LogP contribution in [0.3, 0.4) is 0 Å². The molecule has 1 aliphatic rings. The summed E-state index contributed by atoms with van der Waals surface area (Å²) in [5.74, 6) is 0.550. The molecule has 1 fully saturated rings. The lowest BCUT2D eigenvalue weighted by Gasteiger charge is -2.28. The van der Waals surface area contributed by atoms with Crippen LogP contribution in [0.25, 0.3) is 0 Å². The molecule has 0 aliphatic carbocycles. The number of hydrogen-bond acceptors (Lipinski definition) is 3. The Kier molecular flexibility index (Phi) is 8.81. The summed E-state index contributed by atoms with van der Waals surface area (Å²) < 4.78 is 5.50. The van der Waals surface area contributed by atoms with E-state index in [9.17, 15) is 4.79 Å². The third-order valence-electron chi connectivity index (χ3n) is 4.75. The van der Waals surface area contributed by atoms with E-state index in [-0.39, 0.29) is 6.09 Å². The van der Waals surface area contributed by atoms with Crippen molar-refractivity contribution in [1.82, 2.24) is 9.80 Å². The first-order valence-corrected chi connectivity index (χ1v) is 9.83. The number of carbonyl (C=O) groups excluding carboxylic acids is 1. The molecule has 1 saturated heterocycles. The summed E-state index contributed by atoms with van der Waals surface area (Å²) in [5, 5.41) is 0. The van der Waals surface area contributed by atoms with E-state index in [4.69, 9.17) is 4.74 Å². The van der Waals surface area contributed by atoms with Gasteiger partial charge in [-0.15, -0.1) is 0 Å². The Bertz CT molecular complexity index is 484. The molecule has 1 aliphatic heterocycles. The lowest BCUT2D eigenvalue weighted by Crippen LogP contribution is -2.36. The topological polar surface area (TPSA) is 32.8 Å². The van der Waals surface area contributed by atoms with Gasteiger partial charge in [-0.2, -0.15) is 0 Å². The van der Waals surface area contributed by atoms with E-state index >= 15 is 0 Å². The van der Waals surface area contributed by atoms with Crippen LogP contribution in [0.1, 0.15) is 51.5 Å². The third-order valence-corrected chi connectivity index (χ3v) is 4.75. The average Bonchev–Trinajstić information content (AvgIpc) is 2.62. The fourth-order valence-corrected chi connectivity index (χ4v) is 3.18. The standard InChI is InChI=1S/C21H34N2O2/c1-19(2)12-17-25-21(24)23(18-20-10-5-3-6-11-20)16-9-15-22-13-7-4-8-14-22/h3,5-6,10-11,19H,4,7-9,12-18H2,1-2H3. The Balaban J connectivity index is 1.83. The van der Waals surface area contributed by atoms with Crippen LogP contribution in [-0.2, 0) is 11.3 Å². The van der Waals surface area contributed by atoms with E-state index in [1.54, 1.807) is 0 Å². The van der Waals surface area contributed by atoms with E-state index in [0.29, 0.717) is 19.1 Å². The van der Waals surface area contributed by atoms with E-state index in [2.05, 4.69) is 30.9 Å². The van der Waals surface area contributed by atoms with Crippen LogP contribution in [0, 0.1) is 5.92 Å². The highest BCUT2D eigenvalue weighted by Crippen LogP contribution is 2.11. The second kappa shape index (κ2) is 11.1. The van der Waals surface area contributed by atoms with Crippen LogP contribution in [0.5, 0.6) is 0 Å². The number of ether oxygens (including phenoxy) is 1. The maximum atomic E-state index is 12.5. The monoisotopic (exact) mass is 346 g/mol. The maximum Gasteiger partial charge on any atom is 0.410 e. The van der Waals surface area contributed by atoms with Crippen molar-refractivity contribution < 1.29 is 9.53 Å². The summed E-state index contributed by atoms with van der Waals surface area (Å²) in [7, 11) is 0. The van der Waals surface area contributed by atoms with E-state index < -0.39 is 0 Å². The van der Waals surface area contributed by atoms with Crippen LogP contribution in [-0.4, -0.2) is 48.7 Å². The van der Waals surface area contributed by atoms with Gasteiger partial charge in [0, 0.05) is 13.1 Å². The van der Waals surface area contributed by atoms with Gasteiger partial charge >= 0.3 is 6.09 Å². The maximum absolute atomic E-state index is 12.5. The Morgan fingerprint density at radius 3 is 2.56 bits per heavy atom. The van der Waals surface area contributed by atoms with Crippen LogP contribution >= 0.6 is 0 Å². The number of piperidine rings is 1. The summed E-state index contributed by atoms with van der Waals surface area (Å²) in [4.78, 5) is 16.9. The molecule has 0 atom stereocenters. The molecule has 0 aromatic heterocycles. The lowest BCUT2D eigenvalue weighted by atomic mass is 10.1. The Morgan fingerprint density at radius 2 is 1.88 bits per heavy atom. The van der Waals surface area contributed by atoms with Gasteiger partial charge in [-0.3, -0.25) is 0 Å². The molecule has 0 unspecified atom stereocenters. The molecule has 1 aromatic rings. The highest BCUT2D eigenvalue weighted by Gasteiger charge is 2.17. The number of hydrogen-bond donors (Lipinski definition) is 0. The van der Waals surface area contributed by atoms with Crippen molar-refractivity contribution >= 4 is 6.09 Å². The molecule has 4 nitrogen and oxygen atoms in total. The quantitative estimate of drug-likeness (QED) is 0.658. The fourth-order valence-electron chi connectivity index (χ4n) is 3.18. The molecule has 0 saturated carbocycles. The van der Waals surface area contributed by atoms with Crippen molar-refractivity contribution in [2.75, 3.05) is 32.8 Å². The summed E-state index contributed by atoms with van der Waals surface area (Å²) in [6.45, 7) is 9.67. The first-order valence-electron chi connectivity index (χ1n) is 9.83. The molecule has 4 heteroatoms. The molecule has 140 valence electrons. The minimum atomic E-state index is -0.178. The zero-order chi connectivity index (χ0) is 17.9. The van der Waals surface area contributed by atoms with E-state index in [1.165, 1.54) is 32.4 Å². The highest BCUT2D eigenvalue weighted by atomic mass is 16.6. The van der Waals surface area contributed by atoms with Crippen LogP contribution in [0.2, 0.25) is 0 Å². The molecule has 2 rings (SSSR count). The molecule has 0 spiro atoms. The molecule has 0 radical (unpaired) electrons. The molecule has 1 heterocycles. The van der Waals surface area contributed by atoms with Crippen LogP contribution < -0.4 is 0 Å². The molecule has 1 aromatic carbocycles. The predicted molar refractivity (Wildman–Crippen MR) is 103 cm³/mol. The Hall–Kier alpha value is -1.55. The van der Waals surface area contributed by atoms with Gasteiger partial charge in [0.1, 0.15) is 0 Å². The molecule has 0 bridgehead atoms. The Morgan fingerprint density at radius 1 is 1.16 bits per heavy atom. The summed E-state index contributed by atoms with van der Waals surface area (Å²) in [6, 6.07) is 10.2. The summed E-state index contributed by atoms with van der Waals surface area (Å²) in [6.07, 6.45) is 5.72. The first-order chi connectivity index (χ1) is 12.1. The van der Waals surface area contributed by atoms with Crippen molar-refractivity contribution in [3.63, 3.8) is 0 Å². The van der Waals surface area contributed by atoms with Gasteiger partial charge in [0.15, 0.2) is 0 Å². The SMILES string of the molecule is CC(C)CCOC(=O)N(CCCN1CCCCC1)Cc1ccccc1. The van der Waals surface area contributed by atoms with Crippen molar-refractivity contribution in [3.05, 3.63) is 35.9 Å². The molecule has 0 N–H and O–H groups in total. The number of nitrogens with zero attached hydrogens (tertiary/aromatic N) is 2. The molecular formula is C21H34N2O2. The smallest absolute Gasteiger partial charge is 0.410 e. The molecule has 1 amide bonds. The number of benzene rings is 1. The van der Waals surface area contributed by atoms with Gasteiger partial charge in [-0.25, -0.2) is 4.79 Å². The van der Waals surface area contributed by atoms with Crippen LogP contribution in [0.4, 0.5) is 4.79 Å². The van der Waals surface area contributed by atoms with Gasteiger partial charge in [-0.05, 0) is 56.8 Å². The Labute approximate surface area is 153 Å². The normalized spacial score (nSPS) is 15.3. The second-order valence-corrected chi connectivity index (χ2v) is 7.46. The van der Waals surface area contributed by atoms with Gasteiger partial charge in [0.25, 0.3) is 0 Å². The molecule has 25 heavy (non-hydrogen) atoms. The van der Waals surface area contributed by atoms with Crippen LogP contribution in [0.15, 0.2) is 30.3 Å². The number of carbonyl (C=O) groups is 1. The summed E-state index contributed by atoms with van der Waals surface area (Å²) in [5.41, 5.74) is 1.15. The summed E-state index contributed by atoms with van der Waals surface area (Å²) >= 11 is 0. The van der Waals surface area contributed by atoms with Gasteiger partial charge in [0.05, 0.1) is 6.61 Å². The van der Waals surface area contributed by atoms with Gasteiger partial charge in [0.2, 0.25) is 0 Å². The van der Waals surface area contributed by atoms with Crippen molar-refractivity contribution in [3.8, 4) is 0 Å². The molecular weight excluding hydrogens is 312 g/mol. The predicted octanol–water partition coefficient (Wildman–Crippen LogP) is 4.55. The largest absolute Gasteiger partial charge is 0.449 e. The fraction of sp³-hybridized carbons (Fsp3) is 0.667. The van der Waals surface area contributed by atoms with Crippen molar-refractivity contribution in [2.24, 2.45) is 5.92 Å². The second-order valence-electron chi connectivity index (χ2n) is 7.46. The minimum absolute atomic E-state index is 0.178.